The van der Waals surface area contributed by atoms with E-state index in [1.165, 1.54) is 11.1 Å². The smallest absolute Gasteiger partial charge is 0.146 e. The lowest BCUT2D eigenvalue weighted by Gasteiger charge is -2.18. The molecule has 5 heteroatoms. The number of hydrogen-bond donors (Lipinski definition) is 2. The first-order valence-electron chi connectivity index (χ1n) is 9.36. The number of nitrogens with one attached hydrogen (secondary N) is 1. The number of rotatable bonds is 5. The Bertz CT molecular complexity index is 1090. The molecule has 2 N–H and O–H groups in total. The van der Waals surface area contributed by atoms with Crippen LogP contribution in [0.5, 0.6) is 0 Å². The van der Waals surface area contributed by atoms with Crippen molar-refractivity contribution >= 4 is 16.9 Å². The Kier molecular flexibility index (Phi) is 4.61. The second-order valence-electron chi connectivity index (χ2n) is 7.60. The molecule has 0 aliphatic rings. The van der Waals surface area contributed by atoms with Gasteiger partial charge in [-0.2, -0.15) is 0 Å². The minimum absolute atomic E-state index is 0.450. The third kappa shape index (κ3) is 3.49. The maximum absolute atomic E-state index is 10.3. The van der Waals surface area contributed by atoms with Gasteiger partial charge in [-0.3, -0.25) is 0 Å². The quantitative estimate of drug-likeness (QED) is 0.538. The van der Waals surface area contributed by atoms with Gasteiger partial charge in [-0.15, -0.1) is 0 Å². The van der Waals surface area contributed by atoms with Crippen LogP contribution in [0.25, 0.3) is 33.3 Å². The Morgan fingerprint density at radius 1 is 0.929 bits per heavy atom. The summed E-state index contributed by atoms with van der Waals surface area (Å²) in [5.41, 5.74) is 4.47. The fourth-order valence-electron chi connectivity index (χ4n) is 3.54. The largest absolute Gasteiger partial charge is 0.389 e. The molecule has 2 aromatic heterocycles. The molecule has 2 aromatic carbocycles. The maximum Gasteiger partial charge on any atom is 0.146 e. The molecular formula is C23H24N4O. The summed E-state index contributed by atoms with van der Waals surface area (Å²) in [4.78, 5) is 8.87. The van der Waals surface area contributed by atoms with E-state index in [4.69, 9.17) is 0 Å². The van der Waals surface area contributed by atoms with Gasteiger partial charge in [0.2, 0.25) is 0 Å². The number of aromatic nitrogens is 3. The maximum atomic E-state index is 10.3. The van der Waals surface area contributed by atoms with E-state index in [1.807, 2.05) is 29.8 Å². The number of aliphatic hydroxyl groups is 1. The van der Waals surface area contributed by atoms with Gasteiger partial charge in [0.1, 0.15) is 17.8 Å². The molecule has 0 saturated carbocycles. The lowest BCUT2D eigenvalue weighted by Crippen LogP contribution is -2.25. The molecule has 142 valence electrons. The first-order valence-corrected chi connectivity index (χ1v) is 9.36. The molecule has 0 saturated heterocycles. The summed E-state index contributed by atoms with van der Waals surface area (Å²) in [5, 5.41) is 14.4. The Morgan fingerprint density at radius 2 is 1.57 bits per heavy atom. The van der Waals surface area contributed by atoms with Crippen LogP contribution in [-0.4, -0.2) is 32.3 Å². The SMILES string of the molecule is CNc1ncnc2c1c(-c1ccc(-c3ccccc3)cc1)cn2CC(C)(C)O. The Labute approximate surface area is 164 Å². The van der Waals surface area contributed by atoms with E-state index >= 15 is 0 Å². The minimum atomic E-state index is -0.842. The zero-order valence-electron chi connectivity index (χ0n) is 16.3. The van der Waals surface area contributed by atoms with Crippen LogP contribution in [0.15, 0.2) is 67.1 Å². The molecule has 0 fully saturated rings. The molecule has 4 rings (SSSR count). The highest BCUT2D eigenvalue weighted by Crippen LogP contribution is 2.35. The summed E-state index contributed by atoms with van der Waals surface area (Å²) in [7, 11) is 1.86. The van der Waals surface area contributed by atoms with Gasteiger partial charge in [0, 0.05) is 18.8 Å². The Balaban J connectivity index is 1.84. The zero-order chi connectivity index (χ0) is 19.7. The zero-order valence-corrected chi connectivity index (χ0v) is 16.3. The summed E-state index contributed by atoms with van der Waals surface area (Å²) in [6.07, 6.45) is 3.60. The van der Waals surface area contributed by atoms with Crippen LogP contribution in [-0.2, 0) is 6.54 Å². The highest BCUT2D eigenvalue weighted by Gasteiger charge is 2.20. The minimum Gasteiger partial charge on any atom is -0.389 e. The third-order valence-corrected chi connectivity index (χ3v) is 4.75. The molecular weight excluding hydrogens is 348 g/mol. The van der Waals surface area contributed by atoms with Crippen LogP contribution in [0.2, 0.25) is 0 Å². The molecule has 4 aromatic rings. The van der Waals surface area contributed by atoms with E-state index in [2.05, 4.69) is 57.9 Å². The summed E-state index contributed by atoms with van der Waals surface area (Å²) in [6, 6.07) is 18.8. The lowest BCUT2D eigenvalue weighted by atomic mass is 10.0. The van der Waals surface area contributed by atoms with Gasteiger partial charge in [0.05, 0.1) is 17.5 Å². The van der Waals surface area contributed by atoms with Gasteiger partial charge < -0.3 is 15.0 Å². The number of nitrogens with zero attached hydrogens (tertiary/aromatic N) is 3. The second kappa shape index (κ2) is 7.09. The standard InChI is InChI=1S/C23H24N4O/c1-23(2,28)14-27-13-19(20-21(24-3)25-15-26-22(20)27)18-11-9-17(10-12-18)16-7-5-4-6-8-16/h4-13,15,28H,14H2,1-3H3,(H,24,25,26). The fourth-order valence-corrected chi connectivity index (χ4v) is 3.54. The summed E-state index contributed by atoms with van der Waals surface area (Å²) in [5.74, 6) is 0.779. The van der Waals surface area contributed by atoms with Gasteiger partial charge in [0.25, 0.3) is 0 Å². The molecule has 28 heavy (non-hydrogen) atoms. The van der Waals surface area contributed by atoms with Crippen molar-refractivity contribution < 1.29 is 5.11 Å². The van der Waals surface area contributed by atoms with E-state index in [0.29, 0.717) is 6.54 Å². The van der Waals surface area contributed by atoms with E-state index in [1.54, 1.807) is 20.2 Å². The van der Waals surface area contributed by atoms with Crippen molar-refractivity contribution in [1.29, 1.82) is 0 Å². The fraction of sp³-hybridized carbons (Fsp3) is 0.217. The monoisotopic (exact) mass is 372 g/mol. The van der Waals surface area contributed by atoms with Gasteiger partial charge in [-0.05, 0) is 30.5 Å². The van der Waals surface area contributed by atoms with Gasteiger partial charge in [0.15, 0.2) is 0 Å². The van der Waals surface area contributed by atoms with Crippen molar-refractivity contribution in [2.45, 2.75) is 26.0 Å². The van der Waals surface area contributed by atoms with Crippen molar-refractivity contribution in [1.82, 2.24) is 14.5 Å². The summed E-state index contributed by atoms with van der Waals surface area (Å²) >= 11 is 0. The summed E-state index contributed by atoms with van der Waals surface area (Å²) in [6.45, 7) is 4.05. The molecule has 0 unspecified atom stereocenters. The van der Waals surface area contributed by atoms with Gasteiger partial charge >= 0.3 is 0 Å². The molecule has 0 aliphatic heterocycles. The first-order chi connectivity index (χ1) is 13.5. The molecule has 0 atom stereocenters. The van der Waals surface area contributed by atoms with Crippen LogP contribution >= 0.6 is 0 Å². The van der Waals surface area contributed by atoms with Crippen LogP contribution < -0.4 is 5.32 Å². The van der Waals surface area contributed by atoms with E-state index in [-0.39, 0.29) is 0 Å². The normalized spacial score (nSPS) is 11.7. The highest BCUT2D eigenvalue weighted by molar-refractivity contribution is 6.01. The molecule has 0 aliphatic carbocycles. The predicted octanol–water partition coefficient (Wildman–Crippen LogP) is 4.58. The molecule has 0 amide bonds. The average Bonchev–Trinajstić information content (AvgIpc) is 3.06. The van der Waals surface area contributed by atoms with E-state index in [9.17, 15) is 5.11 Å². The predicted molar refractivity (Wildman–Crippen MR) is 114 cm³/mol. The topological polar surface area (TPSA) is 63.0 Å². The highest BCUT2D eigenvalue weighted by atomic mass is 16.3. The lowest BCUT2D eigenvalue weighted by molar-refractivity contribution is 0.0627. The molecule has 0 bridgehead atoms. The van der Waals surface area contributed by atoms with Crippen LogP contribution in [0, 0.1) is 0 Å². The van der Waals surface area contributed by atoms with Gasteiger partial charge in [-0.1, -0.05) is 54.6 Å². The van der Waals surface area contributed by atoms with Crippen molar-refractivity contribution in [3.05, 3.63) is 67.1 Å². The number of benzene rings is 2. The average molecular weight is 372 g/mol. The van der Waals surface area contributed by atoms with Crippen LogP contribution in [0.3, 0.4) is 0 Å². The van der Waals surface area contributed by atoms with E-state index in [0.717, 1.165) is 28.0 Å². The molecule has 0 radical (unpaired) electrons. The summed E-state index contributed by atoms with van der Waals surface area (Å²) < 4.78 is 2.00. The molecule has 2 heterocycles. The second-order valence-corrected chi connectivity index (χ2v) is 7.60. The van der Waals surface area contributed by atoms with E-state index < -0.39 is 5.60 Å². The number of hydrogen-bond acceptors (Lipinski definition) is 4. The van der Waals surface area contributed by atoms with Crippen molar-refractivity contribution in [2.24, 2.45) is 0 Å². The van der Waals surface area contributed by atoms with Crippen molar-refractivity contribution in [3.63, 3.8) is 0 Å². The third-order valence-electron chi connectivity index (χ3n) is 4.75. The number of fused-ring (bicyclic) bond motifs is 1. The van der Waals surface area contributed by atoms with Crippen molar-refractivity contribution in [3.8, 4) is 22.3 Å². The first kappa shape index (κ1) is 18.2. The number of anilines is 1. The Hall–Kier alpha value is -3.18. The Morgan fingerprint density at radius 3 is 2.21 bits per heavy atom. The molecule has 0 spiro atoms. The van der Waals surface area contributed by atoms with Crippen LogP contribution in [0.4, 0.5) is 5.82 Å². The molecule has 5 nitrogen and oxygen atoms in total. The van der Waals surface area contributed by atoms with Crippen molar-refractivity contribution in [2.75, 3.05) is 12.4 Å². The van der Waals surface area contributed by atoms with Gasteiger partial charge in [-0.25, -0.2) is 9.97 Å². The van der Waals surface area contributed by atoms with Crippen LogP contribution in [0.1, 0.15) is 13.8 Å².